The van der Waals surface area contributed by atoms with Gasteiger partial charge in [0.25, 0.3) is 0 Å². The molecule has 30 heavy (non-hydrogen) atoms. The van der Waals surface area contributed by atoms with E-state index in [0.29, 0.717) is 11.8 Å². The van der Waals surface area contributed by atoms with Crippen LogP contribution in [-0.4, -0.2) is 5.88 Å². The maximum Gasteiger partial charge on any atom is 0.0674 e. The number of rotatable bonds is 6. The second-order valence-electron chi connectivity index (χ2n) is 7.82. The Morgan fingerprint density at radius 2 is 1.50 bits per heavy atom. The van der Waals surface area contributed by atoms with Crippen LogP contribution >= 0.6 is 23.2 Å². The largest absolute Gasteiger partial charge is 0.122 e. The lowest BCUT2D eigenvalue weighted by atomic mass is 9.67. The highest BCUT2D eigenvalue weighted by Crippen LogP contribution is 2.56. The first-order valence-electron chi connectivity index (χ1n) is 10.4. The summed E-state index contributed by atoms with van der Waals surface area (Å²) in [4.78, 5) is 0. The van der Waals surface area contributed by atoms with Gasteiger partial charge in [0.05, 0.1) is 5.41 Å². The van der Waals surface area contributed by atoms with Crippen LogP contribution in [0.4, 0.5) is 0 Å². The molecule has 0 fully saturated rings. The fourth-order valence-electron chi connectivity index (χ4n) is 4.89. The SMILES string of the molecule is CCC=C(C=C(C)C1(c2cccc(CCl)c2)c2ccccc2-c2ccccc21)CCl. The number of allylic oxidation sites excluding steroid dienone is 4. The van der Waals surface area contributed by atoms with Crippen molar-refractivity contribution < 1.29 is 0 Å². The molecule has 3 aromatic rings. The van der Waals surface area contributed by atoms with E-state index in [1.165, 1.54) is 33.4 Å². The van der Waals surface area contributed by atoms with Crippen molar-refractivity contribution in [3.8, 4) is 11.1 Å². The standard InChI is InChI=1S/C28H26Cl2/c1-3-9-21(18-29)16-20(2)28(23-11-8-10-22(17-23)19-30)26-14-6-4-12-24(26)25-13-5-7-15-27(25)28/h4-17H,3,18-19H2,1-2H3. The molecule has 0 saturated heterocycles. The molecule has 3 aromatic carbocycles. The van der Waals surface area contributed by atoms with Crippen LogP contribution in [0, 0.1) is 0 Å². The van der Waals surface area contributed by atoms with Gasteiger partial charge in [0.1, 0.15) is 0 Å². The number of benzene rings is 3. The van der Waals surface area contributed by atoms with Gasteiger partial charge in [0, 0.05) is 11.8 Å². The molecule has 0 aliphatic heterocycles. The van der Waals surface area contributed by atoms with Crippen molar-refractivity contribution in [1.82, 2.24) is 0 Å². The van der Waals surface area contributed by atoms with Gasteiger partial charge in [-0.15, -0.1) is 23.2 Å². The second kappa shape index (κ2) is 8.84. The van der Waals surface area contributed by atoms with Gasteiger partial charge in [-0.2, -0.15) is 0 Å². The maximum absolute atomic E-state index is 6.31. The lowest BCUT2D eigenvalue weighted by molar-refractivity contribution is 0.744. The fourth-order valence-corrected chi connectivity index (χ4v) is 5.24. The van der Waals surface area contributed by atoms with Crippen molar-refractivity contribution in [2.75, 3.05) is 5.88 Å². The van der Waals surface area contributed by atoms with E-state index < -0.39 is 0 Å². The predicted octanol–water partition coefficient (Wildman–Crippen LogP) is 8.26. The van der Waals surface area contributed by atoms with Crippen molar-refractivity contribution in [3.63, 3.8) is 0 Å². The molecule has 1 aliphatic carbocycles. The van der Waals surface area contributed by atoms with Gasteiger partial charge in [-0.25, -0.2) is 0 Å². The summed E-state index contributed by atoms with van der Waals surface area (Å²) in [7, 11) is 0. The van der Waals surface area contributed by atoms with Gasteiger partial charge < -0.3 is 0 Å². The van der Waals surface area contributed by atoms with Gasteiger partial charge in [0.2, 0.25) is 0 Å². The Labute approximate surface area is 189 Å². The highest BCUT2D eigenvalue weighted by Gasteiger charge is 2.45. The average Bonchev–Trinajstić information content (AvgIpc) is 3.10. The van der Waals surface area contributed by atoms with E-state index in [-0.39, 0.29) is 5.41 Å². The van der Waals surface area contributed by atoms with Crippen molar-refractivity contribution in [3.05, 3.63) is 118 Å². The molecule has 0 bridgehead atoms. The third-order valence-electron chi connectivity index (χ3n) is 6.08. The number of halogens is 2. The molecule has 0 nitrogen and oxygen atoms in total. The Hall–Kier alpha value is -2.28. The van der Waals surface area contributed by atoms with E-state index in [0.717, 1.165) is 17.6 Å². The first-order chi connectivity index (χ1) is 14.7. The van der Waals surface area contributed by atoms with Crippen molar-refractivity contribution in [1.29, 1.82) is 0 Å². The zero-order valence-corrected chi connectivity index (χ0v) is 19.0. The number of hydrogen-bond acceptors (Lipinski definition) is 0. The smallest absolute Gasteiger partial charge is 0.0674 e. The summed E-state index contributed by atoms with van der Waals surface area (Å²) in [6.45, 7) is 4.39. The summed E-state index contributed by atoms with van der Waals surface area (Å²) in [5, 5.41) is 0. The molecule has 0 radical (unpaired) electrons. The Kier molecular flexibility index (Phi) is 6.18. The molecule has 4 rings (SSSR count). The highest BCUT2D eigenvalue weighted by molar-refractivity contribution is 6.19. The van der Waals surface area contributed by atoms with Crippen molar-refractivity contribution in [2.45, 2.75) is 31.6 Å². The summed E-state index contributed by atoms with van der Waals surface area (Å²) in [6.07, 6.45) is 5.46. The van der Waals surface area contributed by atoms with Gasteiger partial charge in [-0.3, -0.25) is 0 Å². The van der Waals surface area contributed by atoms with Crippen LogP contribution in [0.15, 0.2) is 96.1 Å². The van der Waals surface area contributed by atoms with Crippen molar-refractivity contribution >= 4 is 23.2 Å². The van der Waals surface area contributed by atoms with Crippen LogP contribution in [0.3, 0.4) is 0 Å². The third kappa shape index (κ3) is 3.33. The minimum atomic E-state index is -0.367. The molecule has 0 N–H and O–H groups in total. The first-order valence-corrected chi connectivity index (χ1v) is 11.5. The summed E-state index contributed by atoms with van der Waals surface area (Å²) in [6, 6.07) is 26.2. The van der Waals surface area contributed by atoms with Crippen LogP contribution in [-0.2, 0) is 11.3 Å². The molecular weight excluding hydrogens is 407 g/mol. The van der Waals surface area contributed by atoms with Gasteiger partial charge in [0.15, 0.2) is 0 Å². The lowest BCUT2D eigenvalue weighted by Gasteiger charge is -2.35. The summed E-state index contributed by atoms with van der Waals surface area (Å²) in [5.41, 5.74) is 9.66. The van der Waals surface area contributed by atoms with Crippen LogP contribution in [0.25, 0.3) is 11.1 Å². The van der Waals surface area contributed by atoms with Crippen molar-refractivity contribution in [2.24, 2.45) is 0 Å². The number of alkyl halides is 2. The molecule has 0 amide bonds. The fraction of sp³-hybridized carbons (Fsp3) is 0.214. The van der Waals surface area contributed by atoms with E-state index >= 15 is 0 Å². The topological polar surface area (TPSA) is 0 Å². The molecule has 0 saturated carbocycles. The van der Waals surface area contributed by atoms with E-state index in [9.17, 15) is 0 Å². The Bertz CT molecular complexity index is 1080. The third-order valence-corrected chi connectivity index (χ3v) is 6.70. The minimum Gasteiger partial charge on any atom is -0.122 e. The molecule has 0 atom stereocenters. The Morgan fingerprint density at radius 1 is 0.867 bits per heavy atom. The number of hydrogen-bond donors (Lipinski definition) is 0. The number of fused-ring (bicyclic) bond motifs is 3. The van der Waals surface area contributed by atoms with Crippen LogP contribution in [0.2, 0.25) is 0 Å². The van der Waals surface area contributed by atoms with Gasteiger partial charge in [-0.05, 0) is 52.3 Å². The lowest BCUT2D eigenvalue weighted by Crippen LogP contribution is -2.29. The quantitative estimate of drug-likeness (QED) is 0.271. The summed E-state index contributed by atoms with van der Waals surface area (Å²) >= 11 is 12.5. The summed E-state index contributed by atoms with van der Waals surface area (Å²) in [5.74, 6) is 1.00. The maximum atomic E-state index is 6.31. The molecule has 152 valence electrons. The van der Waals surface area contributed by atoms with Crippen LogP contribution < -0.4 is 0 Å². The highest BCUT2D eigenvalue weighted by atomic mass is 35.5. The normalized spacial score (nSPS) is 15.1. The first kappa shape index (κ1) is 21.0. The van der Waals surface area contributed by atoms with E-state index in [2.05, 4.69) is 98.8 Å². The van der Waals surface area contributed by atoms with E-state index in [4.69, 9.17) is 23.2 Å². The van der Waals surface area contributed by atoms with Gasteiger partial charge in [-0.1, -0.05) is 97.4 Å². The van der Waals surface area contributed by atoms with E-state index in [1.54, 1.807) is 0 Å². The summed E-state index contributed by atoms with van der Waals surface area (Å²) < 4.78 is 0. The Morgan fingerprint density at radius 3 is 2.07 bits per heavy atom. The molecule has 1 aliphatic rings. The monoisotopic (exact) mass is 432 g/mol. The zero-order valence-electron chi connectivity index (χ0n) is 17.5. The second-order valence-corrected chi connectivity index (χ2v) is 8.36. The minimum absolute atomic E-state index is 0.367. The molecule has 2 heteroatoms. The molecular formula is C28H26Cl2. The molecule has 0 aromatic heterocycles. The molecule has 0 spiro atoms. The molecule has 0 unspecified atom stereocenters. The molecule has 0 heterocycles. The Balaban J connectivity index is 2.10. The zero-order chi connectivity index (χ0) is 21.1. The van der Waals surface area contributed by atoms with E-state index in [1.807, 2.05) is 0 Å². The predicted molar refractivity (Wildman–Crippen MR) is 131 cm³/mol. The van der Waals surface area contributed by atoms with Crippen LogP contribution in [0.5, 0.6) is 0 Å². The van der Waals surface area contributed by atoms with Gasteiger partial charge >= 0.3 is 0 Å². The van der Waals surface area contributed by atoms with Crippen LogP contribution in [0.1, 0.15) is 42.5 Å². The average molecular weight is 433 g/mol.